The third-order valence-corrected chi connectivity index (χ3v) is 3.12. The van der Waals surface area contributed by atoms with Crippen LogP contribution in [0.4, 0.5) is 21.6 Å². The number of benzene rings is 1. The number of anilines is 3. The number of hydrogen-bond donors (Lipinski definition) is 2. The van der Waals surface area contributed by atoms with Crippen LogP contribution in [0.25, 0.3) is 0 Å². The highest BCUT2D eigenvalue weighted by Gasteiger charge is 2.02. The van der Waals surface area contributed by atoms with E-state index >= 15 is 0 Å². The van der Waals surface area contributed by atoms with Gasteiger partial charge in [0, 0.05) is 28.6 Å². The van der Waals surface area contributed by atoms with Gasteiger partial charge in [0.25, 0.3) is 0 Å². The summed E-state index contributed by atoms with van der Waals surface area (Å²) in [5.74, 6) is 0.553. The van der Waals surface area contributed by atoms with Gasteiger partial charge in [0.05, 0.1) is 5.69 Å². The highest BCUT2D eigenvalue weighted by atomic mass is 127. The zero-order valence-corrected chi connectivity index (χ0v) is 11.3. The van der Waals surface area contributed by atoms with Crippen molar-refractivity contribution in [1.29, 1.82) is 0 Å². The van der Waals surface area contributed by atoms with Crippen LogP contribution in [-0.2, 0) is 0 Å². The molecule has 0 fully saturated rings. The molecule has 0 bridgehead atoms. The van der Waals surface area contributed by atoms with E-state index in [4.69, 9.17) is 0 Å². The van der Waals surface area contributed by atoms with E-state index < -0.39 is 0 Å². The molecule has 0 aliphatic heterocycles. The largest absolute Gasteiger partial charge is 0.373 e. The van der Waals surface area contributed by atoms with Gasteiger partial charge in [-0.05, 0) is 46.9 Å². The van der Waals surface area contributed by atoms with E-state index in [2.05, 4.69) is 38.2 Å². The molecule has 0 spiro atoms. The second kappa shape index (κ2) is 5.31. The molecule has 0 saturated heterocycles. The van der Waals surface area contributed by atoms with Crippen LogP contribution in [0.2, 0.25) is 0 Å². The van der Waals surface area contributed by atoms with Crippen molar-refractivity contribution in [2.75, 3.05) is 17.7 Å². The van der Waals surface area contributed by atoms with Crippen molar-refractivity contribution in [3.8, 4) is 0 Å². The summed E-state index contributed by atoms with van der Waals surface area (Å²) in [6, 6.07) is 8.39. The van der Waals surface area contributed by atoms with Crippen LogP contribution in [-0.4, -0.2) is 12.0 Å². The zero-order valence-electron chi connectivity index (χ0n) is 9.17. The van der Waals surface area contributed by atoms with E-state index in [-0.39, 0.29) is 5.82 Å². The van der Waals surface area contributed by atoms with Gasteiger partial charge in [0.15, 0.2) is 0 Å². The first-order valence-electron chi connectivity index (χ1n) is 5.05. The summed E-state index contributed by atoms with van der Waals surface area (Å²) in [6.07, 6.45) is 1.71. The van der Waals surface area contributed by atoms with Gasteiger partial charge in [-0.2, -0.15) is 0 Å². The zero-order chi connectivity index (χ0) is 12.3. The summed E-state index contributed by atoms with van der Waals surface area (Å²) in [6.45, 7) is 0. The van der Waals surface area contributed by atoms with Crippen LogP contribution in [0.15, 0.2) is 36.5 Å². The maximum atomic E-state index is 13.0. The molecule has 1 heterocycles. The lowest BCUT2D eigenvalue weighted by molar-refractivity contribution is 0.627. The number of halogens is 2. The third kappa shape index (κ3) is 3.06. The minimum atomic E-state index is -0.231. The van der Waals surface area contributed by atoms with Crippen molar-refractivity contribution in [3.63, 3.8) is 0 Å². The van der Waals surface area contributed by atoms with Crippen LogP contribution < -0.4 is 10.6 Å². The second-order valence-corrected chi connectivity index (χ2v) is 4.59. The Morgan fingerprint density at radius 3 is 2.76 bits per heavy atom. The van der Waals surface area contributed by atoms with E-state index in [9.17, 15) is 4.39 Å². The minimum absolute atomic E-state index is 0.231. The number of nitrogens with one attached hydrogen (secondary N) is 2. The Morgan fingerprint density at radius 1 is 1.24 bits per heavy atom. The molecule has 1 aromatic carbocycles. The standard InChI is InChI=1S/C12H11FIN3/c1-15-12-7-9(4-5-16-12)17-11-3-2-8(13)6-10(11)14/h2-7H,1H3,(H2,15,16,17). The minimum Gasteiger partial charge on any atom is -0.373 e. The molecule has 0 atom stereocenters. The molecule has 2 rings (SSSR count). The number of rotatable bonds is 3. The fourth-order valence-corrected chi connectivity index (χ4v) is 2.00. The maximum absolute atomic E-state index is 13.0. The van der Waals surface area contributed by atoms with E-state index in [1.165, 1.54) is 12.1 Å². The molecule has 0 aliphatic rings. The summed E-state index contributed by atoms with van der Waals surface area (Å²) in [5, 5.41) is 6.18. The molecule has 3 nitrogen and oxygen atoms in total. The normalized spacial score (nSPS) is 10.1. The van der Waals surface area contributed by atoms with Gasteiger partial charge < -0.3 is 10.6 Å². The predicted molar refractivity (Wildman–Crippen MR) is 76.2 cm³/mol. The lowest BCUT2D eigenvalue weighted by Crippen LogP contribution is -1.96. The summed E-state index contributed by atoms with van der Waals surface area (Å²) in [4.78, 5) is 4.12. The SMILES string of the molecule is CNc1cc(Nc2ccc(F)cc2I)ccn1. The Bertz CT molecular complexity index is 531. The number of hydrogen-bond acceptors (Lipinski definition) is 3. The Kier molecular flexibility index (Phi) is 3.78. The van der Waals surface area contributed by atoms with Crippen molar-refractivity contribution in [3.05, 3.63) is 45.9 Å². The molecule has 0 radical (unpaired) electrons. The van der Waals surface area contributed by atoms with E-state index in [1.54, 1.807) is 12.3 Å². The molecular formula is C12H11FIN3. The summed E-state index contributed by atoms with van der Waals surface area (Å²) in [5.41, 5.74) is 1.79. The Labute approximate surface area is 113 Å². The topological polar surface area (TPSA) is 37.0 Å². The first kappa shape index (κ1) is 12.1. The quantitative estimate of drug-likeness (QED) is 0.836. The molecule has 0 aliphatic carbocycles. The average Bonchev–Trinajstić information content (AvgIpc) is 2.33. The molecule has 17 heavy (non-hydrogen) atoms. The van der Waals surface area contributed by atoms with Crippen LogP contribution in [0.5, 0.6) is 0 Å². The fourth-order valence-electron chi connectivity index (χ4n) is 1.39. The van der Waals surface area contributed by atoms with E-state index in [0.29, 0.717) is 0 Å². The molecule has 2 N–H and O–H groups in total. The highest BCUT2D eigenvalue weighted by Crippen LogP contribution is 2.24. The molecule has 0 amide bonds. The monoisotopic (exact) mass is 343 g/mol. The fraction of sp³-hybridized carbons (Fsp3) is 0.0833. The average molecular weight is 343 g/mol. The van der Waals surface area contributed by atoms with Gasteiger partial charge in [0.1, 0.15) is 11.6 Å². The van der Waals surface area contributed by atoms with Gasteiger partial charge in [-0.15, -0.1) is 0 Å². The first-order valence-corrected chi connectivity index (χ1v) is 6.13. The van der Waals surface area contributed by atoms with Gasteiger partial charge in [0.2, 0.25) is 0 Å². The van der Waals surface area contributed by atoms with Crippen LogP contribution in [0.3, 0.4) is 0 Å². The second-order valence-electron chi connectivity index (χ2n) is 3.43. The van der Waals surface area contributed by atoms with Crippen molar-refractivity contribution in [2.24, 2.45) is 0 Å². The van der Waals surface area contributed by atoms with Crippen molar-refractivity contribution >= 4 is 39.8 Å². The summed E-state index contributed by atoms with van der Waals surface area (Å²) >= 11 is 2.10. The van der Waals surface area contributed by atoms with Gasteiger partial charge >= 0.3 is 0 Å². The molecule has 2 aromatic rings. The van der Waals surface area contributed by atoms with E-state index in [0.717, 1.165) is 20.8 Å². The highest BCUT2D eigenvalue weighted by molar-refractivity contribution is 14.1. The smallest absolute Gasteiger partial charge is 0.127 e. The molecular weight excluding hydrogens is 332 g/mol. The van der Waals surface area contributed by atoms with Crippen LogP contribution >= 0.6 is 22.6 Å². The number of aromatic nitrogens is 1. The van der Waals surface area contributed by atoms with Crippen molar-refractivity contribution < 1.29 is 4.39 Å². The Hall–Kier alpha value is -1.37. The van der Waals surface area contributed by atoms with E-state index in [1.807, 2.05) is 19.2 Å². The van der Waals surface area contributed by atoms with Gasteiger partial charge in [-0.3, -0.25) is 0 Å². The predicted octanol–water partition coefficient (Wildman–Crippen LogP) is 3.61. The Balaban J connectivity index is 2.25. The Morgan fingerprint density at radius 2 is 2.06 bits per heavy atom. The van der Waals surface area contributed by atoms with Gasteiger partial charge in [-0.1, -0.05) is 0 Å². The summed E-state index contributed by atoms with van der Waals surface area (Å²) < 4.78 is 13.8. The summed E-state index contributed by atoms with van der Waals surface area (Å²) in [7, 11) is 1.81. The maximum Gasteiger partial charge on any atom is 0.127 e. The van der Waals surface area contributed by atoms with Gasteiger partial charge in [-0.25, -0.2) is 9.37 Å². The molecule has 88 valence electrons. The van der Waals surface area contributed by atoms with Crippen LogP contribution in [0, 0.1) is 9.39 Å². The first-order chi connectivity index (χ1) is 8.19. The molecule has 0 saturated carbocycles. The van der Waals surface area contributed by atoms with Crippen LogP contribution in [0.1, 0.15) is 0 Å². The lowest BCUT2D eigenvalue weighted by atomic mass is 10.3. The molecule has 0 unspecified atom stereocenters. The molecule has 1 aromatic heterocycles. The van der Waals surface area contributed by atoms with Crippen molar-refractivity contribution in [2.45, 2.75) is 0 Å². The lowest BCUT2D eigenvalue weighted by Gasteiger charge is -2.09. The number of pyridine rings is 1. The van der Waals surface area contributed by atoms with Crippen molar-refractivity contribution in [1.82, 2.24) is 4.98 Å². The number of nitrogens with zero attached hydrogens (tertiary/aromatic N) is 1. The third-order valence-electron chi connectivity index (χ3n) is 2.23. The molecule has 5 heteroatoms.